The monoisotopic (exact) mass is 429 g/mol. The van der Waals surface area contributed by atoms with Crippen LogP contribution in [0, 0.1) is 5.82 Å². The van der Waals surface area contributed by atoms with Crippen molar-refractivity contribution in [1.82, 2.24) is 0 Å². The summed E-state index contributed by atoms with van der Waals surface area (Å²) in [4.78, 5) is 14.8. The summed E-state index contributed by atoms with van der Waals surface area (Å²) in [5, 5.41) is 1.87. The van der Waals surface area contributed by atoms with Crippen molar-refractivity contribution in [2.75, 3.05) is 12.0 Å². The minimum atomic E-state index is -0.545. The van der Waals surface area contributed by atoms with Gasteiger partial charge in [-0.05, 0) is 41.3 Å². The summed E-state index contributed by atoms with van der Waals surface area (Å²) < 4.78 is 19.3. The summed E-state index contributed by atoms with van der Waals surface area (Å²) in [5.74, 6) is -0.0464. The van der Waals surface area contributed by atoms with E-state index in [0.717, 1.165) is 22.1 Å². The first-order chi connectivity index (χ1) is 13.5. The lowest BCUT2D eigenvalue weighted by Crippen LogP contribution is -2.27. The molecule has 0 atom stereocenters. The molecule has 3 aromatic carbocycles. The number of halogens is 2. The van der Waals surface area contributed by atoms with Crippen LogP contribution in [0.3, 0.4) is 0 Å². The predicted molar refractivity (Wildman–Crippen MR) is 118 cm³/mol. The fourth-order valence-electron chi connectivity index (χ4n) is 3.05. The van der Waals surface area contributed by atoms with Gasteiger partial charge in [0.2, 0.25) is 0 Å². The Labute approximate surface area is 175 Å². The molecule has 0 aliphatic carbocycles. The Hall–Kier alpha value is -2.41. The largest absolute Gasteiger partial charge is 0.496 e. The summed E-state index contributed by atoms with van der Waals surface area (Å²) in [6, 6.07) is 15.7. The van der Waals surface area contributed by atoms with Crippen molar-refractivity contribution in [3.05, 3.63) is 75.9 Å². The molecule has 1 amide bonds. The Morgan fingerprint density at radius 1 is 1.14 bits per heavy atom. The fourth-order valence-corrected chi connectivity index (χ4v) is 4.52. The lowest BCUT2D eigenvalue weighted by atomic mass is 10.0. The van der Waals surface area contributed by atoms with Gasteiger partial charge in [-0.2, -0.15) is 0 Å². The number of amides is 1. The predicted octanol–water partition coefficient (Wildman–Crippen LogP) is 6.05. The van der Waals surface area contributed by atoms with E-state index in [1.54, 1.807) is 7.11 Å². The van der Waals surface area contributed by atoms with Crippen molar-refractivity contribution in [2.45, 2.75) is 0 Å². The lowest BCUT2D eigenvalue weighted by molar-refractivity contribution is -0.113. The van der Waals surface area contributed by atoms with Gasteiger partial charge in [-0.15, -0.1) is 0 Å². The van der Waals surface area contributed by atoms with Gasteiger partial charge in [0.1, 0.15) is 11.6 Å². The van der Waals surface area contributed by atoms with Crippen molar-refractivity contribution in [3.8, 4) is 5.75 Å². The Balaban J connectivity index is 1.76. The van der Waals surface area contributed by atoms with Crippen molar-refractivity contribution >= 4 is 68.3 Å². The number of thioether (sulfide) groups is 1. The van der Waals surface area contributed by atoms with E-state index in [0.29, 0.717) is 14.9 Å². The fraction of sp³-hybridized carbons (Fsp3) is 0.0476. The molecule has 0 spiro atoms. The van der Waals surface area contributed by atoms with Crippen LogP contribution in [-0.4, -0.2) is 17.3 Å². The van der Waals surface area contributed by atoms with Gasteiger partial charge in [0.15, 0.2) is 4.32 Å². The number of fused-ring (bicyclic) bond motifs is 1. The molecule has 3 aromatic rings. The highest BCUT2D eigenvalue weighted by Gasteiger charge is 2.33. The second-order valence-corrected chi connectivity index (χ2v) is 8.10. The van der Waals surface area contributed by atoms with Crippen LogP contribution < -0.4 is 9.64 Å². The minimum Gasteiger partial charge on any atom is -0.496 e. The topological polar surface area (TPSA) is 29.5 Å². The SMILES string of the molecule is COc1ccc(/C=C2/SC(=S)N(c3ccc(F)c(Cl)c3)C2=O)c2ccccc12. The number of anilines is 1. The van der Waals surface area contributed by atoms with E-state index in [1.165, 1.54) is 34.9 Å². The number of benzene rings is 3. The van der Waals surface area contributed by atoms with Crippen LogP contribution in [0.2, 0.25) is 5.02 Å². The molecule has 1 saturated heterocycles. The number of carbonyl (C=O) groups excluding carboxylic acids is 1. The number of methoxy groups -OCH3 is 1. The third-order valence-electron chi connectivity index (χ3n) is 4.38. The Morgan fingerprint density at radius 2 is 1.89 bits per heavy atom. The summed E-state index contributed by atoms with van der Waals surface area (Å²) in [7, 11) is 1.63. The molecular formula is C21H13ClFNO2S2. The van der Waals surface area contributed by atoms with E-state index in [9.17, 15) is 9.18 Å². The molecule has 1 heterocycles. The van der Waals surface area contributed by atoms with Crippen molar-refractivity contribution < 1.29 is 13.9 Å². The van der Waals surface area contributed by atoms with Gasteiger partial charge in [0, 0.05) is 5.39 Å². The van der Waals surface area contributed by atoms with Crippen LogP contribution in [-0.2, 0) is 4.79 Å². The third kappa shape index (κ3) is 3.28. The second-order valence-electron chi connectivity index (χ2n) is 6.02. The van der Waals surface area contributed by atoms with E-state index in [1.807, 2.05) is 42.5 Å². The molecule has 28 heavy (non-hydrogen) atoms. The van der Waals surface area contributed by atoms with Gasteiger partial charge in [0.05, 0.1) is 22.7 Å². The highest BCUT2D eigenvalue weighted by atomic mass is 35.5. The molecule has 1 aliphatic rings. The molecule has 1 fully saturated rings. The van der Waals surface area contributed by atoms with Gasteiger partial charge in [-0.1, -0.05) is 65.9 Å². The Morgan fingerprint density at radius 3 is 2.61 bits per heavy atom. The molecule has 7 heteroatoms. The maximum absolute atomic E-state index is 13.5. The van der Waals surface area contributed by atoms with E-state index in [2.05, 4.69) is 0 Å². The van der Waals surface area contributed by atoms with E-state index >= 15 is 0 Å². The zero-order valence-corrected chi connectivity index (χ0v) is 17.0. The summed E-state index contributed by atoms with van der Waals surface area (Å²) in [5.41, 5.74) is 1.32. The average molecular weight is 430 g/mol. The lowest BCUT2D eigenvalue weighted by Gasteiger charge is -2.14. The molecule has 0 unspecified atom stereocenters. The highest BCUT2D eigenvalue weighted by Crippen LogP contribution is 2.38. The molecular weight excluding hydrogens is 417 g/mol. The van der Waals surface area contributed by atoms with Gasteiger partial charge in [-0.25, -0.2) is 4.39 Å². The maximum atomic E-state index is 13.5. The number of nitrogens with zero attached hydrogens (tertiary/aromatic N) is 1. The maximum Gasteiger partial charge on any atom is 0.270 e. The van der Waals surface area contributed by atoms with Crippen LogP contribution in [0.4, 0.5) is 10.1 Å². The van der Waals surface area contributed by atoms with Gasteiger partial charge >= 0.3 is 0 Å². The van der Waals surface area contributed by atoms with Crippen molar-refractivity contribution in [3.63, 3.8) is 0 Å². The van der Waals surface area contributed by atoms with E-state index in [-0.39, 0.29) is 10.9 Å². The Bertz CT molecular complexity index is 1160. The van der Waals surface area contributed by atoms with Crippen LogP contribution in [0.25, 0.3) is 16.8 Å². The highest BCUT2D eigenvalue weighted by molar-refractivity contribution is 8.27. The van der Waals surface area contributed by atoms with Crippen molar-refractivity contribution in [2.24, 2.45) is 0 Å². The number of thiocarbonyl (C=S) groups is 1. The molecule has 140 valence electrons. The van der Waals surface area contributed by atoms with Crippen molar-refractivity contribution in [1.29, 1.82) is 0 Å². The molecule has 0 aromatic heterocycles. The second kappa shape index (κ2) is 7.54. The van der Waals surface area contributed by atoms with Gasteiger partial charge < -0.3 is 4.74 Å². The van der Waals surface area contributed by atoms with Gasteiger partial charge in [-0.3, -0.25) is 9.69 Å². The molecule has 0 radical (unpaired) electrons. The summed E-state index contributed by atoms with van der Waals surface area (Å²) in [6.07, 6.45) is 1.81. The van der Waals surface area contributed by atoms with Crippen LogP contribution in [0.15, 0.2) is 59.5 Å². The first kappa shape index (κ1) is 18.9. The summed E-state index contributed by atoms with van der Waals surface area (Å²) in [6.45, 7) is 0. The normalized spacial score (nSPS) is 15.7. The first-order valence-electron chi connectivity index (χ1n) is 8.28. The molecule has 0 N–H and O–H groups in total. The molecule has 1 aliphatic heterocycles. The smallest absolute Gasteiger partial charge is 0.270 e. The van der Waals surface area contributed by atoms with E-state index in [4.69, 9.17) is 28.6 Å². The minimum absolute atomic E-state index is 0.0586. The zero-order chi connectivity index (χ0) is 19.8. The number of ether oxygens (including phenoxy) is 1. The number of hydrogen-bond acceptors (Lipinski definition) is 4. The van der Waals surface area contributed by atoms with Gasteiger partial charge in [0.25, 0.3) is 5.91 Å². The quantitative estimate of drug-likeness (QED) is 0.374. The van der Waals surface area contributed by atoms with Crippen LogP contribution in [0.1, 0.15) is 5.56 Å². The number of rotatable bonds is 3. The van der Waals surface area contributed by atoms with Crippen LogP contribution >= 0.6 is 35.6 Å². The first-order valence-corrected chi connectivity index (χ1v) is 9.88. The average Bonchev–Trinajstić information content (AvgIpc) is 2.97. The molecule has 0 saturated carbocycles. The number of carbonyl (C=O) groups is 1. The standard InChI is InChI=1S/C21H13ClFNO2S2/c1-26-18-9-6-12(14-4-2-3-5-15(14)18)10-19-20(25)24(21(27)28-19)13-7-8-17(23)16(22)11-13/h2-11H,1H3/b19-10+. The van der Waals surface area contributed by atoms with E-state index < -0.39 is 5.82 Å². The molecule has 4 rings (SSSR count). The third-order valence-corrected chi connectivity index (χ3v) is 5.97. The Kier molecular flexibility index (Phi) is 5.10. The molecule has 3 nitrogen and oxygen atoms in total. The number of hydrogen-bond donors (Lipinski definition) is 0. The van der Waals surface area contributed by atoms with Crippen LogP contribution in [0.5, 0.6) is 5.75 Å². The molecule has 0 bridgehead atoms. The zero-order valence-electron chi connectivity index (χ0n) is 14.6. The summed E-state index contributed by atoms with van der Waals surface area (Å²) >= 11 is 12.4.